The third-order valence-electron chi connectivity index (χ3n) is 9.37. The van der Waals surface area contributed by atoms with Crippen LogP contribution in [-0.2, 0) is 4.79 Å². The zero-order valence-corrected chi connectivity index (χ0v) is 15.4. The Balaban J connectivity index is 1.66. The number of hydrogen-bond acceptors (Lipinski definition) is 2. The van der Waals surface area contributed by atoms with Crippen molar-refractivity contribution in [3.8, 4) is 0 Å². The third-order valence-corrected chi connectivity index (χ3v) is 9.37. The van der Waals surface area contributed by atoms with Gasteiger partial charge in [0.15, 0.2) is 0 Å². The van der Waals surface area contributed by atoms with E-state index in [0.29, 0.717) is 23.0 Å². The lowest BCUT2D eigenvalue weighted by Gasteiger charge is -2.61. The first-order chi connectivity index (χ1) is 10.7. The smallest absolute Gasteiger partial charge is 0.136 e. The van der Waals surface area contributed by atoms with Crippen molar-refractivity contribution in [3.63, 3.8) is 0 Å². The molecule has 130 valence electrons. The van der Waals surface area contributed by atoms with E-state index >= 15 is 0 Å². The molecule has 2 heteroatoms. The largest absolute Gasteiger partial charge is 0.390 e. The van der Waals surface area contributed by atoms with Gasteiger partial charge in [0.1, 0.15) is 5.78 Å². The van der Waals surface area contributed by atoms with Crippen LogP contribution >= 0.6 is 0 Å². The average Bonchev–Trinajstić information content (AvgIpc) is 2.71. The van der Waals surface area contributed by atoms with Crippen LogP contribution in [0.2, 0.25) is 0 Å². The molecule has 4 saturated carbocycles. The summed E-state index contributed by atoms with van der Waals surface area (Å²) in [5.41, 5.74) is 0.00962. The van der Waals surface area contributed by atoms with E-state index < -0.39 is 5.60 Å². The Morgan fingerprint density at radius 3 is 2.43 bits per heavy atom. The molecule has 0 heterocycles. The molecule has 0 bridgehead atoms. The van der Waals surface area contributed by atoms with E-state index in [1.165, 1.54) is 32.1 Å². The monoisotopic (exact) mass is 318 g/mol. The average molecular weight is 319 g/mol. The molecule has 23 heavy (non-hydrogen) atoms. The second-order valence-corrected chi connectivity index (χ2v) is 10.2. The maximum absolute atomic E-state index is 12.2. The number of aliphatic hydroxyl groups is 1. The molecule has 0 aromatic carbocycles. The highest BCUT2D eigenvalue weighted by molar-refractivity contribution is 5.82. The van der Waals surface area contributed by atoms with Crippen molar-refractivity contribution in [2.24, 2.45) is 40.4 Å². The van der Waals surface area contributed by atoms with Gasteiger partial charge in [-0.2, -0.15) is 0 Å². The van der Waals surface area contributed by atoms with Crippen LogP contribution < -0.4 is 0 Å². The first-order valence-electron chi connectivity index (χ1n) is 9.94. The van der Waals surface area contributed by atoms with Crippen molar-refractivity contribution in [1.29, 1.82) is 0 Å². The summed E-state index contributed by atoms with van der Waals surface area (Å²) in [6, 6.07) is 0. The maximum Gasteiger partial charge on any atom is 0.136 e. The van der Waals surface area contributed by atoms with E-state index in [-0.39, 0.29) is 11.3 Å². The van der Waals surface area contributed by atoms with Crippen molar-refractivity contribution in [2.75, 3.05) is 0 Å². The fraction of sp³-hybridized carbons (Fsp3) is 0.952. The van der Waals surface area contributed by atoms with Gasteiger partial charge in [-0.15, -0.1) is 0 Å². The highest BCUT2D eigenvalue weighted by Crippen LogP contribution is 2.68. The second kappa shape index (κ2) is 4.84. The summed E-state index contributed by atoms with van der Waals surface area (Å²) in [5.74, 6) is 3.65. The van der Waals surface area contributed by atoms with Crippen LogP contribution in [0.3, 0.4) is 0 Å². The minimum Gasteiger partial charge on any atom is -0.390 e. The van der Waals surface area contributed by atoms with Gasteiger partial charge in [-0.1, -0.05) is 20.8 Å². The minimum absolute atomic E-state index is 0.119. The molecule has 4 aliphatic carbocycles. The van der Waals surface area contributed by atoms with Gasteiger partial charge < -0.3 is 5.11 Å². The van der Waals surface area contributed by atoms with Crippen molar-refractivity contribution in [3.05, 3.63) is 0 Å². The summed E-state index contributed by atoms with van der Waals surface area (Å²) >= 11 is 0. The molecule has 0 spiro atoms. The lowest BCUT2D eigenvalue weighted by molar-refractivity contribution is -0.158. The number of ketones is 1. The number of rotatable bonds is 0. The molecular weight excluding hydrogens is 284 g/mol. The van der Waals surface area contributed by atoms with E-state index in [1.807, 2.05) is 0 Å². The molecule has 4 aliphatic rings. The number of Topliss-reactive ketones (excluding diaryl/α,β-unsaturated/α-hetero) is 1. The Morgan fingerprint density at radius 2 is 1.70 bits per heavy atom. The molecule has 0 amide bonds. The Hall–Kier alpha value is -0.370. The van der Waals surface area contributed by atoms with Gasteiger partial charge in [0.2, 0.25) is 0 Å². The molecule has 2 nitrogen and oxygen atoms in total. The maximum atomic E-state index is 12.2. The van der Waals surface area contributed by atoms with Crippen LogP contribution in [0.4, 0.5) is 0 Å². The summed E-state index contributed by atoms with van der Waals surface area (Å²) < 4.78 is 0. The summed E-state index contributed by atoms with van der Waals surface area (Å²) in [6.07, 6.45) is 9.11. The van der Waals surface area contributed by atoms with Crippen molar-refractivity contribution in [2.45, 2.75) is 84.7 Å². The highest BCUT2D eigenvalue weighted by atomic mass is 16.3. The summed E-state index contributed by atoms with van der Waals surface area (Å²) in [5, 5.41) is 11.0. The van der Waals surface area contributed by atoms with Crippen molar-refractivity contribution < 1.29 is 9.90 Å². The number of fused-ring (bicyclic) bond motifs is 5. The topological polar surface area (TPSA) is 37.3 Å². The van der Waals surface area contributed by atoms with Gasteiger partial charge in [0.05, 0.1) is 5.60 Å². The van der Waals surface area contributed by atoms with Crippen molar-refractivity contribution >= 4 is 5.78 Å². The Labute approximate surface area is 141 Å². The zero-order valence-electron chi connectivity index (χ0n) is 15.4. The van der Waals surface area contributed by atoms with E-state index in [2.05, 4.69) is 27.7 Å². The van der Waals surface area contributed by atoms with Crippen LogP contribution in [0.5, 0.6) is 0 Å². The predicted octanol–water partition coefficient (Wildman–Crippen LogP) is 4.60. The lowest BCUT2D eigenvalue weighted by Crippen LogP contribution is -2.56. The highest BCUT2D eigenvalue weighted by Gasteiger charge is 2.63. The molecule has 0 radical (unpaired) electrons. The molecule has 8 atom stereocenters. The van der Waals surface area contributed by atoms with E-state index in [0.717, 1.165) is 31.1 Å². The fourth-order valence-electron chi connectivity index (χ4n) is 7.65. The summed E-state index contributed by atoms with van der Waals surface area (Å²) in [6.45, 7) is 9.11. The number of carbonyl (C=O) groups is 1. The van der Waals surface area contributed by atoms with Crippen LogP contribution in [0, 0.1) is 40.4 Å². The second-order valence-electron chi connectivity index (χ2n) is 10.2. The van der Waals surface area contributed by atoms with Gasteiger partial charge >= 0.3 is 0 Å². The molecule has 1 unspecified atom stereocenters. The first-order valence-corrected chi connectivity index (χ1v) is 9.94. The number of carbonyl (C=O) groups excluding carboxylic acids is 1. The minimum atomic E-state index is -0.476. The van der Waals surface area contributed by atoms with E-state index in [4.69, 9.17) is 0 Å². The van der Waals surface area contributed by atoms with E-state index in [9.17, 15) is 9.90 Å². The van der Waals surface area contributed by atoms with Crippen LogP contribution in [0.25, 0.3) is 0 Å². The van der Waals surface area contributed by atoms with Gasteiger partial charge in [-0.25, -0.2) is 0 Å². The molecule has 0 aliphatic heterocycles. The number of hydrogen-bond donors (Lipinski definition) is 1. The quantitative estimate of drug-likeness (QED) is 0.709. The summed E-state index contributed by atoms with van der Waals surface area (Å²) in [4.78, 5) is 12.2. The molecule has 0 aromatic heterocycles. The Morgan fingerprint density at radius 1 is 1.00 bits per heavy atom. The summed E-state index contributed by atoms with van der Waals surface area (Å²) in [7, 11) is 0. The van der Waals surface area contributed by atoms with Crippen LogP contribution in [0.1, 0.15) is 79.1 Å². The fourth-order valence-corrected chi connectivity index (χ4v) is 7.65. The molecule has 0 saturated heterocycles. The molecule has 1 N–H and O–H groups in total. The lowest BCUT2D eigenvalue weighted by atomic mass is 9.44. The Kier molecular flexibility index (Phi) is 3.39. The Bertz CT molecular complexity index is 524. The third kappa shape index (κ3) is 2.00. The van der Waals surface area contributed by atoms with Gasteiger partial charge in [-0.05, 0) is 86.4 Å². The van der Waals surface area contributed by atoms with Crippen LogP contribution in [0.15, 0.2) is 0 Å². The van der Waals surface area contributed by atoms with Gasteiger partial charge in [0, 0.05) is 12.3 Å². The standard InChI is InChI=1S/C21H34O2/c1-13-12-19(2)14(11-18(13)22)5-6-15-16(19)7-9-20(3)17(15)8-10-21(20,4)23/h13-17,23H,5-12H2,1-4H3/t13-,14?,15+,16-,17+,19-,20-,21-/m0/s1. The molecule has 0 aromatic rings. The van der Waals surface area contributed by atoms with Crippen molar-refractivity contribution in [1.82, 2.24) is 0 Å². The zero-order chi connectivity index (χ0) is 16.6. The first kappa shape index (κ1) is 16.1. The van der Waals surface area contributed by atoms with Gasteiger partial charge in [-0.3, -0.25) is 4.79 Å². The molecule has 4 rings (SSSR count). The van der Waals surface area contributed by atoms with E-state index in [1.54, 1.807) is 0 Å². The predicted molar refractivity (Wildman–Crippen MR) is 91.9 cm³/mol. The van der Waals surface area contributed by atoms with Crippen LogP contribution in [-0.4, -0.2) is 16.5 Å². The normalized spacial score (nSPS) is 59.2. The van der Waals surface area contributed by atoms with Gasteiger partial charge in [0.25, 0.3) is 0 Å². The molecule has 4 fully saturated rings. The molecular formula is C21H34O2. The SMILES string of the molecule is C[C@H]1C[C@@]2(C)C(CC[C@H]3[C@H]4CC[C@](C)(O)[C@@]4(C)CC[C@@H]32)CC1=O.